The number of hydrogen-bond acceptors (Lipinski definition) is 1. The smallest absolute Gasteiger partial charge is 0.0521 e. The molecular weight excluding hydrogens is 184 g/mol. The van der Waals surface area contributed by atoms with Crippen LogP contribution in [-0.2, 0) is 0 Å². The van der Waals surface area contributed by atoms with Gasteiger partial charge in [0.05, 0.1) is 6.10 Å². The van der Waals surface area contributed by atoms with E-state index in [4.69, 9.17) is 5.11 Å². The van der Waals surface area contributed by atoms with Crippen LogP contribution in [0.15, 0.2) is 0 Å². The maximum Gasteiger partial charge on any atom is 0.0521 e. The molecule has 88 valence electrons. The molecule has 1 nitrogen and oxygen atoms in total. The Labute approximate surface area is 95.3 Å². The largest absolute Gasteiger partial charge is 0.393 e. The number of rotatable bonds is 8. The molecule has 1 atom stereocenters. The summed E-state index contributed by atoms with van der Waals surface area (Å²) in [5.41, 5.74) is 0. The Morgan fingerprint density at radius 3 is 2.20 bits per heavy atom. The van der Waals surface area contributed by atoms with E-state index < -0.39 is 0 Å². The van der Waals surface area contributed by atoms with E-state index in [0.29, 0.717) is 0 Å². The zero-order valence-corrected chi connectivity index (χ0v) is 10.4. The zero-order valence-electron chi connectivity index (χ0n) is 10.4. The summed E-state index contributed by atoms with van der Waals surface area (Å²) < 4.78 is 0. The van der Waals surface area contributed by atoms with Crippen molar-refractivity contribution >= 4 is 0 Å². The van der Waals surface area contributed by atoms with Crippen molar-refractivity contribution in [3.05, 3.63) is 0 Å². The average molecular weight is 210 g/mol. The van der Waals surface area contributed by atoms with Crippen LogP contribution in [0.5, 0.6) is 0 Å². The first-order valence-corrected chi connectivity index (χ1v) is 6.41. The van der Waals surface area contributed by atoms with E-state index >= 15 is 0 Å². The summed E-state index contributed by atoms with van der Waals surface area (Å²) in [6.07, 6.45) is 10.5. The second-order valence-electron chi connectivity index (χ2n) is 4.26. The van der Waals surface area contributed by atoms with E-state index in [1.165, 1.54) is 38.5 Å². The molecule has 0 aromatic rings. The fourth-order valence-corrected chi connectivity index (χ4v) is 1.45. The molecule has 0 saturated heterocycles. The zero-order chi connectivity index (χ0) is 11.4. The normalized spacial score (nSPS) is 11.9. The fourth-order valence-electron chi connectivity index (χ4n) is 1.45. The third-order valence-electron chi connectivity index (χ3n) is 2.47. The molecule has 0 aromatic carbocycles. The number of aliphatic hydroxyl groups is 1. The van der Waals surface area contributed by atoms with Crippen molar-refractivity contribution < 1.29 is 5.11 Å². The fraction of sp³-hybridized carbons (Fsp3) is 0.857. The summed E-state index contributed by atoms with van der Waals surface area (Å²) in [5.74, 6) is 6.28. The third kappa shape index (κ3) is 13.5. The van der Waals surface area contributed by atoms with Gasteiger partial charge in [0.25, 0.3) is 0 Å². The van der Waals surface area contributed by atoms with Crippen molar-refractivity contribution in [3.8, 4) is 11.8 Å². The van der Waals surface area contributed by atoms with Gasteiger partial charge in [-0.15, -0.1) is 11.8 Å². The molecule has 0 aliphatic rings. The number of aliphatic hydroxyl groups excluding tert-OH is 1. The van der Waals surface area contributed by atoms with Crippen LogP contribution in [0.4, 0.5) is 0 Å². The molecule has 0 heterocycles. The first-order chi connectivity index (χ1) is 7.27. The first-order valence-electron chi connectivity index (χ1n) is 6.41. The summed E-state index contributed by atoms with van der Waals surface area (Å²) in [6.45, 7) is 4.06. The Morgan fingerprint density at radius 2 is 1.53 bits per heavy atom. The molecule has 15 heavy (non-hydrogen) atoms. The van der Waals surface area contributed by atoms with Crippen LogP contribution in [0.2, 0.25) is 0 Å². The molecule has 0 rings (SSSR count). The molecule has 0 aliphatic heterocycles. The van der Waals surface area contributed by atoms with Crippen molar-refractivity contribution in [1.82, 2.24) is 0 Å². The standard InChI is InChI=1S/C14H26O/c1-3-4-5-6-7-8-9-10-11-12-13-14(2)15/h14-15H,3-9,12-13H2,1-2H3. The van der Waals surface area contributed by atoms with Crippen molar-refractivity contribution in [2.45, 2.75) is 77.7 Å². The van der Waals surface area contributed by atoms with Gasteiger partial charge in [0.2, 0.25) is 0 Å². The van der Waals surface area contributed by atoms with Gasteiger partial charge in [0.1, 0.15) is 0 Å². The highest BCUT2D eigenvalue weighted by Gasteiger charge is 1.91. The molecule has 1 heteroatoms. The highest BCUT2D eigenvalue weighted by atomic mass is 16.3. The van der Waals surface area contributed by atoms with Gasteiger partial charge in [0, 0.05) is 12.8 Å². The monoisotopic (exact) mass is 210 g/mol. The van der Waals surface area contributed by atoms with E-state index in [-0.39, 0.29) is 6.10 Å². The Kier molecular flexibility index (Phi) is 11.2. The van der Waals surface area contributed by atoms with E-state index in [0.717, 1.165) is 19.3 Å². The summed E-state index contributed by atoms with van der Waals surface area (Å²) in [4.78, 5) is 0. The SMILES string of the molecule is CCCCCCCCC#CCCC(C)O. The van der Waals surface area contributed by atoms with Gasteiger partial charge in [-0.1, -0.05) is 39.0 Å². The molecule has 0 aliphatic carbocycles. The van der Waals surface area contributed by atoms with Crippen LogP contribution in [0.3, 0.4) is 0 Å². The lowest BCUT2D eigenvalue weighted by Crippen LogP contribution is -1.96. The summed E-state index contributed by atoms with van der Waals surface area (Å²) in [5, 5.41) is 9.01. The molecule has 0 aromatic heterocycles. The molecule has 1 N–H and O–H groups in total. The molecule has 0 fully saturated rings. The summed E-state index contributed by atoms with van der Waals surface area (Å²) in [7, 11) is 0. The summed E-state index contributed by atoms with van der Waals surface area (Å²) >= 11 is 0. The lowest BCUT2D eigenvalue weighted by atomic mass is 10.1. The minimum atomic E-state index is -0.201. The molecule has 0 bridgehead atoms. The molecule has 0 saturated carbocycles. The minimum Gasteiger partial charge on any atom is -0.393 e. The molecule has 0 amide bonds. The van der Waals surface area contributed by atoms with Crippen LogP contribution in [0.1, 0.15) is 71.6 Å². The predicted molar refractivity (Wildman–Crippen MR) is 66.7 cm³/mol. The molecule has 0 spiro atoms. The van der Waals surface area contributed by atoms with Crippen LogP contribution in [0, 0.1) is 11.8 Å². The van der Waals surface area contributed by atoms with Crippen LogP contribution in [0.25, 0.3) is 0 Å². The van der Waals surface area contributed by atoms with Crippen LogP contribution < -0.4 is 0 Å². The van der Waals surface area contributed by atoms with Crippen molar-refractivity contribution in [2.75, 3.05) is 0 Å². The van der Waals surface area contributed by atoms with Gasteiger partial charge >= 0.3 is 0 Å². The van der Waals surface area contributed by atoms with Crippen molar-refractivity contribution in [2.24, 2.45) is 0 Å². The Morgan fingerprint density at radius 1 is 0.933 bits per heavy atom. The number of hydrogen-bond donors (Lipinski definition) is 1. The molecule has 0 radical (unpaired) electrons. The van der Waals surface area contributed by atoms with E-state index in [1.807, 2.05) is 6.92 Å². The van der Waals surface area contributed by atoms with Crippen LogP contribution >= 0.6 is 0 Å². The summed E-state index contributed by atoms with van der Waals surface area (Å²) in [6, 6.07) is 0. The van der Waals surface area contributed by atoms with E-state index in [2.05, 4.69) is 18.8 Å². The van der Waals surface area contributed by atoms with Gasteiger partial charge in [0.15, 0.2) is 0 Å². The molecular formula is C14H26O. The maximum atomic E-state index is 9.01. The quantitative estimate of drug-likeness (QED) is 0.476. The Bertz CT molecular complexity index is 174. The topological polar surface area (TPSA) is 20.2 Å². The lowest BCUT2D eigenvalue weighted by molar-refractivity contribution is 0.186. The predicted octanol–water partition coefficient (Wildman–Crippen LogP) is 3.90. The van der Waals surface area contributed by atoms with Crippen molar-refractivity contribution in [3.63, 3.8) is 0 Å². The highest BCUT2D eigenvalue weighted by Crippen LogP contribution is 2.06. The van der Waals surface area contributed by atoms with Gasteiger partial charge < -0.3 is 5.11 Å². The van der Waals surface area contributed by atoms with Crippen molar-refractivity contribution in [1.29, 1.82) is 0 Å². The second kappa shape index (κ2) is 11.6. The Balaban J connectivity index is 3.09. The lowest BCUT2D eigenvalue weighted by Gasteiger charge is -1.97. The van der Waals surface area contributed by atoms with Gasteiger partial charge in [-0.2, -0.15) is 0 Å². The van der Waals surface area contributed by atoms with E-state index in [9.17, 15) is 0 Å². The highest BCUT2D eigenvalue weighted by molar-refractivity contribution is 4.98. The van der Waals surface area contributed by atoms with Gasteiger partial charge in [-0.25, -0.2) is 0 Å². The number of unbranched alkanes of at least 4 members (excludes halogenated alkanes) is 6. The maximum absolute atomic E-state index is 9.01. The average Bonchev–Trinajstić information content (AvgIpc) is 2.20. The minimum absolute atomic E-state index is 0.201. The van der Waals surface area contributed by atoms with Crippen LogP contribution in [-0.4, -0.2) is 11.2 Å². The van der Waals surface area contributed by atoms with E-state index in [1.54, 1.807) is 0 Å². The van der Waals surface area contributed by atoms with Gasteiger partial charge in [-0.05, 0) is 19.8 Å². The van der Waals surface area contributed by atoms with Gasteiger partial charge in [-0.3, -0.25) is 0 Å². The third-order valence-corrected chi connectivity index (χ3v) is 2.47. The Hall–Kier alpha value is -0.480. The first kappa shape index (κ1) is 14.5. The molecule has 1 unspecified atom stereocenters. The second-order valence-corrected chi connectivity index (χ2v) is 4.26.